The predicted molar refractivity (Wildman–Crippen MR) is 49.8 cm³/mol. The fourth-order valence-corrected chi connectivity index (χ4v) is 2.78. The van der Waals surface area contributed by atoms with Crippen LogP contribution in [0.4, 0.5) is 0 Å². The van der Waals surface area contributed by atoms with E-state index in [1.54, 1.807) is 0 Å². The standard InChI is InChI=1S/C11H18O/c1-7-4-9-10(11(9,2)3)5-8(7)6-12/h9-10,12H,4-6H2,1-3H3/t9-,10+/m0/s1. The first-order valence-electron chi connectivity index (χ1n) is 4.85. The Morgan fingerprint density at radius 1 is 1.33 bits per heavy atom. The van der Waals surface area contributed by atoms with Gasteiger partial charge in [0.2, 0.25) is 0 Å². The zero-order valence-corrected chi connectivity index (χ0v) is 8.22. The van der Waals surface area contributed by atoms with Crippen LogP contribution in [0.3, 0.4) is 0 Å². The van der Waals surface area contributed by atoms with Crippen LogP contribution in [0, 0.1) is 17.3 Å². The molecule has 0 unspecified atom stereocenters. The quantitative estimate of drug-likeness (QED) is 0.593. The molecule has 0 radical (unpaired) electrons. The summed E-state index contributed by atoms with van der Waals surface area (Å²) in [5.41, 5.74) is 3.31. The molecule has 0 saturated heterocycles. The molecule has 0 aliphatic heterocycles. The minimum Gasteiger partial charge on any atom is -0.392 e. The van der Waals surface area contributed by atoms with Gasteiger partial charge in [-0.1, -0.05) is 19.4 Å². The van der Waals surface area contributed by atoms with Crippen molar-refractivity contribution in [3.8, 4) is 0 Å². The highest BCUT2D eigenvalue weighted by Gasteiger charge is 2.58. The van der Waals surface area contributed by atoms with Crippen molar-refractivity contribution in [3.05, 3.63) is 11.1 Å². The smallest absolute Gasteiger partial charge is 0.0644 e. The highest BCUT2D eigenvalue weighted by atomic mass is 16.3. The third-order valence-electron chi connectivity index (χ3n) is 4.07. The molecule has 2 aliphatic rings. The Labute approximate surface area is 74.5 Å². The van der Waals surface area contributed by atoms with Crippen LogP contribution in [-0.4, -0.2) is 11.7 Å². The van der Waals surface area contributed by atoms with E-state index in [-0.39, 0.29) is 6.61 Å². The molecule has 1 N–H and O–H groups in total. The Morgan fingerprint density at radius 2 is 1.92 bits per heavy atom. The van der Waals surface area contributed by atoms with Crippen LogP contribution in [0.1, 0.15) is 33.6 Å². The maximum Gasteiger partial charge on any atom is 0.0644 e. The zero-order chi connectivity index (χ0) is 8.93. The molecule has 1 saturated carbocycles. The van der Waals surface area contributed by atoms with Gasteiger partial charge in [0.25, 0.3) is 0 Å². The molecule has 0 spiro atoms. The number of aliphatic hydroxyl groups is 1. The van der Waals surface area contributed by atoms with E-state index in [1.165, 1.54) is 17.6 Å². The van der Waals surface area contributed by atoms with Crippen molar-refractivity contribution in [2.45, 2.75) is 33.6 Å². The van der Waals surface area contributed by atoms with Gasteiger partial charge in [-0.2, -0.15) is 0 Å². The largest absolute Gasteiger partial charge is 0.392 e. The number of hydrogen-bond acceptors (Lipinski definition) is 1. The van der Waals surface area contributed by atoms with Crippen LogP contribution in [0.15, 0.2) is 11.1 Å². The normalized spacial score (nSPS) is 38.0. The summed E-state index contributed by atoms with van der Waals surface area (Å²) in [5, 5.41) is 9.11. The lowest BCUT2D eigenvalue weighted by Gasteiger charge is -2.14. The third kappa shape index (κ3) is 0.957. The van der Waals surface area contributed by atoms with Crippen molar-refractivity contribution in [1.29, 1.82) is 0 Å². The number of rotatable bonds is 1. The first-order chi connectivity index (χ1) is 5.57. The molecule has 68 valence electrons. The van der Waals surface area contributed by atoms with Crippen LogP contribution in [0.5, 0.6) is 0 Å². The number of fused-ring (bicyclic) bond motifs is 1. The summed E-state index contributed by atoms with van der Waals surface area (Å²) in [4.78, 5) is 0. The van der Waals surface area contributed by atoms with Crippen molar-refractivity contribution >= 4 is 0 Å². The Balaban J connectivity index is 2.15. The second-order valence-electron chi connectivity index (χ2n) is 4.98. The molecule has 0 heterocycles. The Hall–Kier alpha value is -0.300. The SMILES string of the molecule is CC1=C(CO)C[C@@H]2[C@H](C1)C2(C)C. The topological polar surface area (TPSA) is 20.2 Å². The van der Waals surface area contributed by atoms with Gasteiger partial charge in [0.1, 0.15) is 0 Å². The lowest BCUT2D eigenvalue weighted by Crippen LogP contribution is -2.03. The summed E-state index contributed by atoms with van der Waals surface area (Å²) in [6.45, 7) is 7.17. The molecule has 0 amide bonds. The minimum absolute atomic E-state index is 0.283. The van der Waals surface area contributed by atoms with E-state index in [4.69, 9.17) is 5.11 Å². The molecule has 2 rings (SSSR count). The lowest BCUT2D eigenvalue weighted by atomic mass is 9.93. The highest BCUT2D eigenvalue weighted by molar-refractivity contribution is 5.26. The molecule has 12 heavy (non-hydrogen) atoms. The summed E-state index contributed by atoms with van der Waals surface area (Å²) in [7, 11) is 0. The van der Waals surface area contributed by atoms with E-state index < -0.39 is 0 Å². The summed E-state index contributed by atoms with van der Waals surface area (Å²) in [5.74, 6) is 1.77. The molecule has 1 fully saturated rings. The number of aliphatic hydroxyl groups excluding tert-OH is 1. The van der Waals surface area contributed by atoms with Crippen LogP contribution >= 0.6 is 0 Å². The maximum atomic E-state index is 9.11. The third-order valence-corrected chi connectivity index (χ3v) is 4.07. The van der Waals surface area contributed by atoms with Gasteiger partial charge in [-0.05, 0) is 42.6 Å². The average molecular weight is 166 g/mol. The van der Waals surface area contributed by atoms with Crippen LogP contribution < -0.4 is 0 Å². The summed E-state index contributed by atoms with van der Waals surface area (Å²) in [6, 6.07) is 0. The van der Waals surface area contributed by atoms with Gasteiger partial charge in [-0.3, -0.25) is 0 Å². The van der Waals surface area contributed by atoms with Crippen LogP contribution in [-0.2, 0) is 0 Å². The maximum absolute atomic E-state index is 9.11. The molecule has 0 aromatic rings. The molecule has 1 heteroatoms. The Bertz CT molecular complexity index is 237. The van der Waals surface area contributed by atoms with Crippen molar-refractivity contribution in [1.82, 2.24) is 0 Å². The second-order valence-corrected chi connectivity index (χ2v) is 4.98. The molecule has 0 aromatic heterocycles. The molecular weight excluding hydrogens is 148 g/mol. The summed E-state index contributed by atoms with van der Waals surface area (Å²) in [6.07, 6.45) is 2.38. The van der Waals surface area contributed by atoms with Gasteiger partial charge in [0, 0.05) is 0 Å². The van der Waals surface area contributed by atoms with E-state index >= 15 is 0 Å². The first-order valence-corrected chi connectivity index (χ1v) is 4.85. The van der Waals surface area contributed by atoms with Crippen molar-refractivity contribution in [2.24, 2.45) is 17.3 Å². The first kappa shape index (κ1) is 8.31. The molecule has 0 bridgehead atoms. The van der Waals surface area contributed by atoms with Gasteiger partial charge < -0.3 is 5.11 Å². The predicted octanol–water partition coefficient (Wildman–Crippen LogP) is 2.36. The van der Waals surface area contributed by atoms with Crippen molar-refractivity contribution in [2.75, 3.05) is 6.61 Å². The number of hydrogen-bond donors (Lipinski definition) is 1. The van der Waals surface area contributed by atoms with Crippen LogP contribution in [0.25, 0.3) is 0 Å². The molecule has 0 aromatic carbocycles. The number of allylic oxidation sites excluding steroid dienone is 1. The van der Waals surface area contributed by atoms with E-state index in [2.05, 4.69) is 20.8 Å². The monoisotopic (exact) mass is 166 g/mol. The summed E-state index contributed by atoms with van der Waals surface area (Å²) >= 11 is 0. The second kappa shape index (κ2) is 2.35. The fraction of sp³-hybridized carbons (Fsp3) is 0.818. The van der Waals surface area contributed by atoms with E-state index in [0.717, 1.165) is 18.3 Å². The molecular formula is C11H18O. The van der Waals surface area contributed by atoms with Gasteiger partial charge in [0.15, 0.2) is 0 Å². The minimum atomic E-state index is 0.283. The fourth-order valence-electron chi connectivity index (χ4n) is 2.78. The van der Waals surface area contributed by atoms with Gasteiger partial charge in [-0.25, -0.2) is 0 Å². The zero-order valence-electron chi connectivity index (χ0n) is 8.22. The van der Waals surface area contributed by atoms with E-state index in [1.807, 2.05) is 0 Å². The van der Waals surface area contributed by atoms with Crippen molar-refractivity contribution < 1.29 is 5.11 Å². The van der Waals surface area contributed by atoms with Gasteiger partial charge in [0.05, 0.1) is 6.61 Å². The average Bonchev–Trinajstić information content (AvgIpc) is 2.52. The molecule has 2 aliphatic carbocycles. The summed E-state index contributed by atoms with van der Waals surface area (Å²) < 4.78 is 0. The Kier molecular flexibility index (Phi) is 1.63. The van der Waals surface area contributed by atoms with E-state index in [9.17, 15) is 0 Å². The van der Waals surface area contributed by atoms with Gasteiger partial charge in [-0.15, -0.1) is 0 Å². The Morgan fingerprint density at radius 3 is 2.50 bits per heavy atom. The lowest BCUT2D eigenvalue weighted by molar-refractivity contribution is 0.318. The van der Waals surface area contributed by atoms with E-state index in [0.29, 0.717) is 5.41 Å². The van der Waals surface area contributed by atoms with Crippen molar-refractivity contribution in [3.63, 3.8) is 0 Å². The van der Waals surface area contributed by atoms with Gasteiger partial charge >= 0.3 is 0 Å². The molecule has 1 nitrogen and oxygen atoms in total. The highest BCUT2D eigenvalue weighted by Crippen LogP contribution is 2.65. The van der Waals surface area contributed by atoms with Crippen LogP contribution in [0.2, 0.25) is 0 Å². The molecule has 2 atom stereocenters.